The van der Waals surface area contributed by atoms with Crippen molar-refractivity contribution < 1.29 is 4.79 Å². The molecule has 17 heavy (non-hydrogen) atoms. The largest absolute Gasteiger partial charge is 0.340 e. The molecule has 1 fully saturated rings. The van der Waals surface area contributed by atoms with Crippen molar-refractivity contribution in [2.24, 2.45) is 11.7 Å². The zero-order valence-electron chi connectivity index (χ0n) is 11.5. The number of nitrogens with zero attached hydrogens (tertiary/aromatic N) is 2. The highest BCUT2D eigenvalue weighted by atomic mass is 16.2. The van der Waals surface area contributed by atoms with Gasteiger partial charge in [-0.3, -0.25) is 9.69 Å². The summed E-state index contributed by atoms with van der Waals surface area (Å²) in [6.45, 7) is 10.7. The molecule has 1 heterocycles. The van der Waals surface area contributed by atoms with Gasteiger partial charge >= 0.3 is 0 Å². The Bertz CT molecular complexity index is 245. The van der Waals surface area contributed by atoms with Gasteiger partial charge in [0.15, 0.2) is 0 Å². The molecule has 2 N–H and O–H groups in total. The third kappa shape index (κ3) is 3.68. The van der Waals surface area contributed by atoms with Gasteiger partial charge in [-0.05, 0) is 19.9 Å². The van der Waals surface area contributed by atoms with Gasteiger partial charge < -0.3 is 10.6 Å². The third-order valence-corrected chi connectivity index (χ3v) is 3.75. The van der Waals surface area contributed by atoms with Crippen molar-refractivity contribution in [1.82, 2.24) is 9.80 Å². The molecule has 0 saturated carbocycles. The highest BCUT2D eigenvalue weighted by Gasteiger charge is 2.28. The minimum atomic E-state index is 0.0281. The van der Waals surface area contributed by atoms with E-state index >= 15 is 0 Å². The van der Waals surface area contributed by atoms with Gasteiger partial charge in [0.05, 0.1) is 5.92 Å². The van der Waals surface area contributed by atoms with Crippen LogP contribution >= 0.6 is 0 Å². The number of amides is 1. The summed E-state index contributed by atoms with van der Waals surface area (Å²) in [4.78, 5) is 16.7. The number of carbonyl (C=O) groups is 1. The number of nitrogens with two attached hydrogens (primary N) is 1. The summed E-state index contributed by atoms with van der Waals surface area (Å²) in [7, 11) is 0. The minimum absolute atomic E-state index is 0.0281. The van der Waals surface area contributed by atoms with E-state index in [-0.39, 0.29) is 11.8 Å². The summed E-state index contributed by atoms with van der Waals surface area (Å²) in [5, 5.41) is 0. The Labute approximate surface area is 105 Å². The summed E-state index contributed by atoms with van der Waals surface area (Å²) in [6, 6.07) is 0.470. The van der Waals surface area contributed by atoms with Gasteiger partial charge in [0.25, 0.3) is 0 Å². The molecule has 0 radical (unpaired) electrons. The Hall–Kier alpha value is -0.610. The molecule has 0 bridgehead atoms. The summed E-state index contributed by atoms with van der Waals surface area (Å²) >= 11 is 0. The van der Waals surface area contributed by atoms with Gasteiger partial charge in [0.2, 0.25) is 5.91 Å². The molecular formula is C13H27N3O. The van der Waals surface area contributed by atoms with E-state index in [9.17, 15) is 4.79 Å². The van der Waals surface area contributed by atoms with Gasteiger partial charge in [-0.15, -0.1) is 0 Å². The van der Waals surface area contributed by atoms with E-state index in [1.54, 1.807) is 0 Å². The van der Waals surface area contributed by atoms with Crippen molar-refractivity contribution in [2.75, 3.05) is 32.7 Å². The predicted molar refractivity (Wildman–Crippen MR) is 70.7 cm³/mol. The van der Waals surface area contributed by atoms with Crippen molar-refractivity contribution in [1.29, 1.82) is 0 Å². The Balaban J connectivity index is 2.53. The summed E-state index contributed by atoms with van der Waals surface area (Å²) in [6.07, 6.45) is 1.94. The first-order valence-corrected chi connectivity index (χ1v) is 6.86. The van der Waals surface area contributed by atoms with E-state index in [4.69, 9.17) is 5.73 Å². The van der Waals surface area contributed by atoms with Crippen molar-refractivity contribution in [2.45, 2.75) is 39.7 Å². The number of likely N-dealkylation sites (N-methyl/N-ethyl adjacent to an activating group) is 1. The highest BCUT2D eigenvalue weighted by molar-refractivity contribution is 5.79. The lowest BCUT2D eigenvalue weighted by molar-refractivity contribution is -0.138. The Morgan fingerprint density at radius 1 is 1.41 bits per heavy atom. The fraction of sp³-hybridized carbons (Fsp3) is 0.923. The molecule has 100 valence electrons. The molecule has 4 nitrogen and oxygen atoms in total. The molecule has 1 saturated heterocycles. The average Bonchev–Trinajstić information content (AvgIpc) is 2.35. The van der Waals surface area contributed by atoms with Crippen molar-refractivity contribution in [3.63, 3.8) is 0 Å². The Morgan fingerprint density at radius 3 is 2.59 bits per heavy atom. The van der Waals surface area contributed by atoms with Crippen LogP contribution in [-0.2, 0) is 4.79 Å². The molecule has 4 heteroatoms. The molecule has 1 rings (SSSR count). The van der Waals surface area contributed by atoms with Gasteiger partial charge in [-0.2, -0.15) is 0 Å². The van der Waals surface area contributed by atoms with Crippen LogP contribution in [0.2, 0.25) is 0 Å². The van der Waals surface area contributed by atoms with Crippen LogP contribution in [0.15, 0.2) is 0 Å². The quantitative estimate of drug-likeness (QED) is 0.778. The molecule has 2 unspecified atom stereocenters. The molecule has 0 aromatic heterocycles. The second-order valence-corrected chi connectivity index (χ2v) is 4.98. The number of piperazine rings is 1. The maximum Gasteiger partial charge on any atom is 0.227 e. The summed E-state index contributed by atoms with van der Waals surface area (Å²) in [5.74, 6) is 0.289. The zero-order chi connectivity index (χ0) is 12.8. The topological polar surface area (TPSA) is 49.6 Å². The molecule has 1 aliphatic heterocycles. The van der Waals surface area contributed by atoms with Crippen molar-refractivity contribution >= 4 is 5.91 Å². The average molecular weight is 241 g/mol. The van der Waals surface area contributed by atoms with Crippen LogP contribution in [0.4, 0.5) is 0 Å². The lowest BCUT2D eigenvalue weighted by atomic mass is 10.0. The monoisotopic (exact) mass is 241 g/mol. The van der Waals surface area contributed by atoms with Crippen LogP contribution in [0.25, 0.3) is 0 Å². The number of hydrogen-bond acceptors (Lipinski definition) is 3. The highest BCUT2D eigenvalue weighted by Crippen LogP contribution is 2.14. The molecule has 0 spiro atoms. The standard InChI is InChI=1S/C13H27N3O/c1-4-6-12(9-14)13(17)16-8-7-15(5-2)11(3)10-16/h11-12H,4-10,14H2,1-3H3. The Morgan fingerprint density at radius 2 is 2.12 bits per heavy atom. The lowest BCUT2D eigenvalue weighted by Crippen LogP contribution is -2.55. The fourth-order valence-corrected chi connectivity index (χ4v) is 2.61. The van der Waals surface area contributed by atoms with Gasteiger partial charge in [0.1, 0.15) is 0 Å². The minimum Gasteiger partial charge on any atom is -0.340 e. The van der Waals surface area contributed by atoms with E-state index < -0.39 is 0 Å². The molecule has 0 aliphatic carbocycles. The van der Waals surface area contributed by atoms with Crippen molar-refractivity contribution in [3.05, 3.63) is 0 Å². The summed E-state index contributed by atoms with van der Waals surface area (Å²) < 4.78 is 0. The first kappa shape index (κ1) is 14.5. The van der Waals surface area contributed by atoms with Crippen LogP contribution < -0.4 is 5.73 Å². The summed E-state index contributed by atoms with van der Waals surface area (Å²) in [5.41, 5.74) is 5.70. The van der Waals surface area contributed by atoms with Crippen molar-refractivity contribution in [3.8, 4) is 0 Å². The third-order valence-electron chi connectivity index (χ3n) is 3.75. The molecule has 0 aromatic carbocycles. The first-order valence-electron chi connectivity index (χ1n) is 6.86. The van der Waals surface area contributed by atoms with Crippen LogP contribution in [0.1, 0.15) is 33.6 Å². The second kappa shape index (κ2) is 6.97. The van der Waals surface area contributed by atoms with E-state index in [0.29, 0.717) is 12.6 Å². The molecule has 1 amide bonds. The lowest BCUT2D eigenvalue weighted by Gasteiger charge is -2.40. The molecular weight excluding hydrogens is 214 g/mol. The van der Waals surface area contributed by atoms with Crippen LogP contribution in [0.5, 0.6) is 0 Å². The van der Waals surface area contributed by atoms with Crippen LogP contribution in [0.3, 0.4) is 0 Å². The number of rotatable bonds is 5. The van der Waals surface area contributed by atoms with E-state index in [1.807, 2.05) is 4.90 Å². The van der Waals surface area contributed by atoms with Gasteiger partial charge in [0, 0.05) is 32.2 Å². The van der Waals surface area contributed by atoms with Gasteiger partial charge in [-0.25, -0.2) is 0 Å². The van der Waals surface area contributed by atoms with Crippen LogP contribution in [-0.4, -0.2) is 54.5 Å². The maximum atomic E-state index is 12.3. The Kier molecular flexibility index (Phi) is 5.92. The number of hydrogen-bond donors (Lipinski definition) is 1. The second-order valence-electron chi connectivity index (χ2n) is 4.98. The van der Waals surface area contributed by atoms with E-state index in [1.165, 1.54) is 0 Å². The maximum absolute atomic E-state index is 12.3. The molecule has 2 atom stereocenters. The zero-order valence-corrected chi connectivity index (χ0v) is 11.5. The van der Waals surface area contributed by atoms with E-state index in [2.05, 4.69) is 25.7 Å². The van der Waals surface area contributed by atoms with E-state index in [0.717, 1.165) is 39.0 Å². The molecule has 1 aliphatic rings. The number of carbonyl (C=O) groups excluding carboxylic acids is 1. The smallest absolute Gasteiger partial charge is 0.227 e. The normalized spacial score (nSPS) is 23.8. The first-order chi connectivity index (χ1) is 8.13. The van der Waals surface area contributed by atoms with Gasteiger partial charge in [-0.1, -0.05) is 20.3 Å². The SMILES string of the molecule is CCCC(CN)C(=O)N1CCN(CC)C(C)C1. The predicted octanol–water partition coefficient (Wildman–Crippen LogP) is 0.914. The fourth-order valence-electron chi connectivity index (χ4n) is 2.61. The van der Waals surface area contributed by atoms with Crippen LogP contribution in [0, 0.1) is 5.92 Å². The molecule has 0 aromatic rings.